The molecule has 2 heterocycles. The number of nitrogens with zero attached hydrogens (tertiary/aromatic N) is 2. The zero-order valence-corrected chi connectivity index (χ0v) is 10.5. The van der Waals surface area contributed by atoms with Gasteiger partial charge in [0.15, 0.2) is 11.6 Å². The molecule has 4 heteroatoms. The van der Waals surface area contributed by atoms with E-state index in [1.54, 1.807) is 12.4 Å². The number of aromatic nitrogens is 2. The standard InChI is InChI=1S/C15H13N3O/c1-10-4-2-5-11(8-10)13-14(19-18-15(13)16)12-6-3-7-17-9-12/h2-9H,1H3,(H2,16,18). The molecular weight excluding hydrogens is 238 g/mol. The molecule has 0 aliphatic carbocycles. The van der Waals surface area contributed by atoms with Gasteiger partial charge in [-0.25, -0.2) is 0 Å². The maximum atomic E-state index is 5.94. The number of hydrogen-bond acceptors (Lipinski definition) is 4. The van der Waals surface area contributed by atoms with Crippen LogP contribution >= 0.6 is 0 Å². The van der Waals surface area contributed by atoms with Crippen molar-refractivity contribution in [2.75, 3.05) is 5.73 Å². The van der Waals surface area contributed by atoms with Gasteiger partial charge in [0, 0.05) is 18.0 Å². The second-order valence-corrected chi connectivity index (χ2v) is 4.38. The third-order valence-electron chi connectivity index (χ3n) is 2.95. The van der Waals surface area contributed by atoms with Gasteiger partial charge in [0.1, 0.15) is 0 Å². The monoisotopic (exact) mass is 251 g/mol. The molecule has 3 aromatic rings. The Morgan fingerprint density at radius 2 is 1.95 bits per heavy atom. The van der Waals surface area contributed by atoms with E-state index in [0.29, 0.717) is 11.6 Å². The van der Waals surface area contributed by atoms with Crippen LogP contribution in [0.5, 0.6) is 0 Å². The molecule has 2 aromatic heterocycles. The van der Waals surface area contributed by atoms with E-state index in [0.717, 1.165) is 22.3 Å². The van der Waals surface area contributed by atoms with Gasteiger partial charge < -0.3 is 10.3 Å². The summed E-state index contributed by atoms with van der Waals surface area (Å²) in [7, 11) is 0. The molecule has 0 spiro atoms. The van der Waals surface area contributed by atoms with Gasteiger partial charge in [-0.1, -0.05) is 35.0 Å². The van der Waals surface area contributed by atoms with Crippen LogP contribution in [0.15, 0.2) is 53.3 Å². The lowest BCUT2D eigenvalue weighted by Gasteiger charge is -2.03. The van der Waals surface area contributed by atoms with Crippen molar-refractivity contribution in [3.8, 4) is 22.5 Å². The van der Waals surface area contributed by atoms with E-state index in [9.17, 15) is 0 Å². The van der Waals surface area contributed by atoms with Crippen molar-refractivity contribution in [3.05, 3.63) is 54.4 Å². The summed E-state index contributed by atoms with van der Waals surface area (Å²) in [6.07, 6.45) is 3.45. The van der Waals surface area contributed by atoms with Gasteiger partial charge in [-0.3, -0.25) is 4.98 Å². The van der Waals surface area contributed by atoms with Crippen molar-refractivity contribution in [1.29, 1.82) is 0 Å². The molecule has 0 atom stereocenters. The summed E-state index contributed by atoms with van der Waals surface area (Å²) in [5.74, 6) is 1.04. The largest absolute Gasteiger partial charge is 0.380 e. The third-order valence-corrected chi connectivity index (χ3v) is 2.95. The lowest BCUT2D eigenvalue weighted by Crippen LogP contribution is -1.89. The van der Waals surface area contributed by atoms with Crippen LogP contribution in [-0.2, 0) is 0 Å². The Morgan fingerprint density at radius 1 is 1.11 bits per heavy atom. The predicted octanol–water partition coefficient (Wildman–Crippen LogP) is 3.29. The van der Waals surface area contributed by atoms with Crippen molar-refractivity contribution in [1.82, 2.24) is 10.1 Å². The Hall–Kier alpha value is -2.62. The minimum atomic E-state index is 0.393. The van der Waals surface area contributed by atoms with Crippen LogP contribution in [0.4, 0.5) is 5.82 Å². The summed E-state index contributed by atoms with van der Waals surface area (Å²) < 4.78 is 5.36. The van der Waals surface area contributed by atoms with Crippen LogP contribution in [0.25, 0.3) is 22.5 Å². The first-order valence-corrected chi connectivity index (χ1v) is 5.98. The highest BCUT2D eigenvalue weighted by molar-refractivity contribution is 5.86. The topological polar surface area (TPSA) is 64.9 Å². The molecule has 0 aliphatic rings. The fraction of sp³-hybridized carbons (Fsp3) is 0.0667. The number of anilines is 1. The minimum Gasteiger partial charge on any atom is -0.380 e. The van der Waals surface area contributed by atoms with Gasteiger partial charge in [0.2, 0.25) is 0 Å². The van der Waals surface area contributed by atoms with Gasteiger partial charge in [0.05, 0.1) is 5.56 Å². The van der Waals surface area contributed by atoms with Gasteiger partial charge in [-0.05, 0) is 24.6 Å². The first-order valence-electron chi connectivity index (χ1n) is 5.98. The molecule has 0 radical (unpaired) electrons. The van der Waals surface area contributed by atoms with E-state index in [2.05, 4.69) is 16.2 Å². The molecule has 0 unspecified atom stereocenters. The highest BCUT2D eigenvalue weighted by atomic mass is 16.5. The van der Waals surface area contributed by atoms with Gasteiger partial charge in [-0.2, -0.15) is 0 Å². The maximum Gasteiger partial charge on any atom is 0.178 e. The highest BCUT2D eigenvalue weighted by Gasteiger charge is 2.17. The SMILES string of the molecule is Cc1cccc(-c2c(N)noc2-c2cccnc2)c1. The normalized spacial score (nSPS) is 10.6. The summed E-state index contributed by atoms with van der Waals surface area (Å²) in [6.45, 7) is 2.04. The molecule has 94 valence electrons. The van der Waals surface area contributed by atoms with Gasteiger partial charge >= 0.3 is 0 Å². The second-order valence-electron chi connectivity index (χ2n) is 4.38. The minimum absolute atomic E-state index is 0.393. The zero-order valence-electron chi connectivity index (χ0n) is 10.5. The molecule has 19 heavy (non-hydrogen) atoms. The molecule has 0 saturated carbocycles. The first-order chi connectivity index (χ1) is 9.25. The summed E-state index contributed by atoms with van der Waals surface area (Å²) >= 11 is 0. The zero-order chi connectivity index (χ0) is 13.2. The van der Waals surface area contributed by atoms with E-state index in [4.69, 9.17) is 10.3 Å². The van der Waals surface area contributed by atoms with Crippen molar-refractivity contribution in [2.24, 2.45) is 0 Å². The van der Waals surface area contributed by atoms with Crippen molar-refractivity contribution >= 4 is 5.82 Å². The molecule has 0 bridgehead atoms. The smallest absolute Gasteiger partial charge is 0.178 e. The van der Waals surface area contributed by atoms with Crippen molar-refractivity contribution < 1.29 is 4.52 Å². The average Bonchev–Trinajstić information content (AvgIpc) is 2.82. The highest BCUT2D eigenvalue weighted by Crippen LogP contribution is 2.36. The van der Waals surface area contributed by atoms with Crippen LogP contribution in [0.3, 0.4) is 0 Å². The number of aryl methyl sites for hydroxylation is 1. The van der Waals surface area contributed by atoms with Crippen molar-refractivity contribution in [2.45, 2.75) is 6.92 Å². The lowest BCUT2D eigenvalue weighted by molar-refractivity contribution is 0.436. The summed E-state index contributed by atoms with van der Waals surface area (Å²) in [6, 6.07) is 11.9. The maximum absolute atomic E-state index is 5.94. The number of benzene rings is 1. The second kappa shape index (κ2) is 4.57. The number of nitrogen functional groups attached to an aromatic ring is 1. The number of hydrogen-bond donors (Lipinski definition) is 1. The van der Waals surface area contributed by atoms with Crippen LogP contribution in [0, 0.1) is 6.92 Å². The van der Waals surface area contributed by atoms with E-state index >= 15 is 0 Å². The molecule has 4 nitrogen and oxygen atoms in total. The average molecular weight is 251 g/mol. The van der Waals surface area contributed by atoms with E-state index in [1.807, 2.05) is 37.3 Å². The summed E-state index contributed by atoms with van der Waals surface area (Å²) in [5.41, 5.74) is 9.78. The number of pyridine rings is 1. The van der Waals surface area contributed by atoms with E-state index < -0.39 is 0 Å². The predicted molar refractivity (Wildman–Crippen MR) is 74.3 cm³/mol. The Morgan fingerprint density at radius 3 is 2.68 bits per heavy atom. The Balaban J connectivity index is 2.20. The fourth-order valence-corrected chi connectivity index (χ4v) is 2.08. The van der Waals surface area contributed by atoms with Crippen LogP contribution in [0.1, 0.15) is 5.56 Å². The van der Waals surface area contributed by atoms with Crippen LogP contribution in [0.2, 0.25) is 0 Å². The Bertz CT molecular complexity index is 704. The Kier molecular flexibility index (Phi) is 2.76. The van der Waals surface area contributed by atoms with Gasteiger partial charge in [-0.15, -0.1) is 0 Å². The summed E-state index contributed by atoms with van der Waals surface area (Å²) in [5, 5.41) is 3.87. The molecule has 0 aliphatic heterocycles. The summed E-state index contributed by atoms with van der Waals surface area (Å²) in [4.78, 5) is 4.09. The molecule has 1 aromatic carbocycles. The van der Waals surface area contributed by atoms with Gasteiger partial charge in [0.25, 0.3) is 0 Å². The molecular formula is C15H13N3O. The molecule has 0 amide bonds. The quantitative estimate of drug-likeness (QED) is 0.759. The van der Waals surface area contributed by atoms with Crippen LogP contribution in [-0.4, -0.2) is 10.1 Å². The molecule has 3 rings (SSSR count). The van der Waals surface area contributed by atoms with Crippen molar-refractivity contribution in [3.63, 3.8) is 0 Å². The first kappa shape index (κ1) is 11.5. The van der Waals surface area contributed by atoms with E-state index in [-0.39, 0.29) is 0 Å². The fourth-order valence-electron chi connectivity index (χ4n) is 2.08. The lowest BCUT2D eigenvalue weighted by atomic mass is 10.0. The molecule has 2 N–H and O–H groups in total. The molecule has 0 fully saturated rings. The van der Waals surface area contributed by atoms with E-state index in [1.165, 1.54) is 0 Å². The van der Waals surface area contributed by atoms with Crippen LogP contribution < -0.4 is 5.73 Å². The molecule has 0 saturated heterocycles. The number of rotatable bonds is 2. The number of nitrogens with two attached hydrogens (primary N) is 1. The Labute approximate surface area is 110 Å². The third kappa shape index (κ3) is 2.08.